The highest BCUT2D eigenvalue weighted by Crippen LogP contribution is 2.20. The van der Waals surface area contributed by atoms with Gasteiger partial charge in [0.2, 0.25) is 5.95 Å². The average molecular weight is 247 g/mol. The molecule has 17 heavy (non-hydrogen) atoms. The monoisotopic (exact) mass is 247 g/mol. The number of rotatable bonds is 4. The molecule has 0 amide bonds. The van der Waals surface area contributed by atoms with Crippen LogP contribution in [0.1, 0.15) is 5.69 Å². The first kappa shape index (κ1) is 11.7. The molecule has 0 fully saturated rings. The van der Waals surface area contributed by atoms with Crippen LogP contribution in [0.15, 0.2) is 46.1 Å². The van der Waals surface area contributed by atoms with Gasteiger partial charge in [0.25, 0.3) is 5.56 Å². The van der Waals surface area contributed by atoms with Gasteiger partial charge in [-0.25, -0.2) is 4.98 Å². The summed E-state index contributed by atoms with van der Waals surface area (Å²) in [5.41, 5.74) is 0.639. The summed E-state index contributed by atoms with van der Waals surface area (Å²) in [6, 6.07) is 11.6. The Kier molecular flexibility index (Phi) is 3.82. The van der Waals surface area contributed by atoms with Gasteiger partial charge >= 0.3 is 0 Å². The Morgan fingerprint density at radius 3 is 2.82 bits per heavy atom. The van der Waals surface area contributed by atoms with Crippen LogP contribution in [0.2, 0.25) is 0 Å². The van der Waals surface area contributed by atoms with E-state index in [0.29, 0.717) is 11.7 Å². The van der Waals surface area contributed by atoms with E-state index in [1.165, 1.54) is 11.0 Å². The van der Waals surface area contributed by atoms with E-state index in [0.717, 1.165) is 5.69 Å². The third-order valence-corrected chi connectivity index (χ3v) is 3.21. The largest absolute Gasteiger partial charge is 0.359 e. The van der Waals surface area contributed by atoms with Crippen molar-refractivity contribution in [3.8, 4) is 0 Å². The lowest BCUT2D eigenvalue weighted by Crippen LogP contribution is -2.11. The molecule has 2 rings (SSSR count). The van der Waals surface area contributed by atoms with Crippen LogP contribution in [0.25, 0.3) is 0 Å². The predicted octanol–water partition coefficient (Wildman–Crippen LogP) is 2.10. The second kappa shape index (κ2) is 5.54. The summed E-state index contributed by atoms with van der Waals surface area (Å²) in [7, 11) is 1.73. The molecule has 0 aliphatic rings. The quantitative estimate of drug-likeness (QED) is 0.812. The number of thioether (sulfide) groups is 1. The molecule has 0 saturated heterocycles. The molecule has 0 unspecified atom stereocenters. The number of aromatic amines is 1. The van der Waals surface area contributed by atoms with Crippen molar-refractivity contribution in [2.75, 3.05) is 12.4 Å². The molecule has 1 aromatic carbocycles. The molecule has 1 heterocycles. The van der Waals surface area contributed by atoms with E-state index in [1.807, 2.05) is 30.3 Å². The molecule has 0 atom stereocenters. The number of aromatic nitrogens is 2. The zero-order valence-electron chi connectivity index (χ0n) is 9.43. The zero-order valence-corrected chi connectivity index (χ0v) is 10.3. The summed E-state index contributed by atoms with van der Waals surface area (Å²) >= 11 is 1.66. The third kappa shape index (κ3) is 3.35. The zero-order chi connectivity index (χ0) is 12.1. The lowest BCUT2D eigenvalue weighted by molar-refractivity contribution is 1.05. The van der Waals surface area contributed by atoms with Crippen LogP contribution in [-0.2, 0) is 5.75 Å². The molecule has 0 bridgehead atoms. The lowest BCUT2D eigenvalue weighted by Gasteiger charge is -2.03. The summed E-state index contributed by atoms with van der Waals surface area (Å²) < 4.78 is 0. The van der Waals surface area contributed by atoms with Gasteiger partial charge in [-0.3, -0.25) is 9.78 Å². The fourth-order valence-corrected chi connectivity index (χ4v) is 2.19. The molecule has 1 aromatic heterocycles. The fraction of sp³-hybridized carbons (Fsp3) is 0.167. The van der Waals surface area contributed by atoms with Crippen molar-refractivity contribution in [3.63, 3.8) is 0 Å². The summed E-state index contributed by atoms with van der Waals surface area (Å²) in [6.45, 7) is 0. The first-order valence-corrected chi connectivity index (χ1v) is 6.22. The Balaban J connectivity index is 2.09. The molecule has 0 aliphatic heterocycles. The topological polar surface area (TPSA) is 57.8 Å². The molecular formula is C12H13N3OS. The molecule has 2 aromatic rings. The summed E-state index contributed by atoms with van der Waals surface area (Å²) in [4.78, 5) is 19.4. The van der Waals surface area contributed by atoms with E-state index < -0.39 is 0 Å². The van der Waals surface area contributed by atoms with Crippen LogP contribution in [-0.4, -0.2) is 17.0 Å². The Morgan fingerprint density at radius 2 is 2.12 bits per heavy atom. The molecule has 0 aliphatic carbocycles. The van der Waals surface area contributed by atoms with Gasteiger partial charge < -0.3 is 5.32 Å². The Hall–Kier alpha value is -1.75. The van der Waals surface area contributed by atoms with Crippen LogP contribution in [0, 0.1) is 0 Å². The highest BCUT2D eigenvalue weighted by atomic mass is 32.2. The van der Waals surface area contributed by atoms with Crippen LogP contribution in [0.5, 0.6) is 0 Å². The second-order valence-electron chi connectivity index (χ2n) is 3.44. The average Bonchev–Trinajstić information content (AvgIpc) is 2.37. The second-order valence-corrected chi connectivity index (χ2v) is 4.49. The molecule has 5 heteroatoms. The van der Waals surface area contributed by atoms with Crippen LogP contribution < -0.4 is 10.9 Å². The van der Waals surface area contributed by atoms with E-state index in [9.17, 15) is 4.79 Å². The molecule has 0 spiro atoms. The maximum Gasteiger partial charge on any atom is 0.252 e. The maximum absolute atomic E-state index is 11.3. The molecule has 4 nitrogen and oxygen atoms in total. The smallest absolute Gasteiger partial charge is 0.252 e. The van der Waals surface area contributed by atoms with E-state index in [-0.39, 0.29) is 5.56 Å². The number of hydrogen-bond donors (Lipinski definition) is 2. The number of H-pyrrole nitrogens is 1. The van der Waals surface area contributed by atoms with Gasteiger partial charge in [-0.1, -0.05) is 18.2 Å². The molecule has 88 valence electrons. The molecular weight excluding hydrogens is 234 g/mol. The van der Waals surface area contributed by atoms with Gasteiger partial charge in [0.15, 0.2) is 0 Å². The normalized spacial score (nSPS) is 10.2. The first-order valence-electron chi connectivity index (χ1n) is 5.24. The van der Waals surface area contributed by atoms with Gasteiger partial charge in [-0.05, 0) is 12.1 Å². The van der Waals surface area contributed by atoms with Gasteiger partial charge in [-0.2, -0.15) is 0 Å². The van der Waals surface area contributed by atoms with Crippen LogP contribution >= 0.6 is 11.8 Å². The first-order chi connectivity index (χ1) is 8.28. The van der Waals surface area contributed by atoms with Crippen LogP contribution in [0.4, 0.5) is 5.95 Å². The van der Waals surface area contributed by atoms with E-state index in [2.05, 4.69) is 15.3 Å². The summed E-state index contributed by atoms with van der Waals surface area (Å²) in [6.07, 6.45) is 0. The highest BCUT2D eigenvalue weighted by Gasteiger charge is 2.01. The van der Waals surface area contributed by atoms with Crippen molar-refractivity contribution >= 4 is 17.7 Å². The number of benzene rings is 1. The van der Waals surface area contributed by atoms with Crippen molar-refractivity contribution in [2.24, 2.45) is 0 Å². The molecule has 0 saturated carbocycles. The maximum atomic E-state index is 11.3. The van der Waals surface area contributed by atoms with Crippen LogP contribution in [0.3, 0.4) is 0 Å². The highest BCUT2D eigenvalue weighted by molar-refractivity contribution is 7.98. The van der Waals surface area contributed by atoms with E-state index >= 15 is 0 Å². The Morgan fingerprint density at radius 1 is 1.35 bits per heavy atom. The standard InChI is InChI=1S/C12H13N3OS/c1-13-12-14-9(7-11(16)15-12)8-17-10-5-3-2-4-6-10/h2-7H,8H2,1H3,(H2,13,14,15,16). The van der Waals surface area contributed by atoms with Crippen molar-refractivity contribution in [1.82, 2.24) is 9.97 Å². The van der Waals surface area contributed by atoms with E-state index in [1.54, 1.807) is 18.8 Å². The number of nitrogens with one attached hydrogen (secondary N) is 2. The Labute approximate surface area is 103 Å². The van der Waals surface area contributed by atoms with Crippen molar-refractivity contribution in [2.45, 2.75) is 10.6 Å². The van der Waals surface area contributed by atoms with Gasteiger partial charge in [-0.15, -0.1) is 11.8 Å². The minimum Gasteiger partial charge on any atom is -0.359 e. The molecule has 2 N–H and O–H groups in total. The van der Waals surface area contributed by atoms with Gasteiger partial charge in [0, 0.05) is 23.8 Å². The SMILES string of the molecule is CNc1nc(CSc2ccccc2)cc(=O)[nH]1. The van der Waals surface area contributed by atoms with Gasteiger partial charge in [0.05, 0.1) is 5.69 Å². The minimum atomic E-state index is -0.131. The number of hydrogen-bond acceptors (Lipinski definition) is 4. The van der Waals surface area contributed by atoms with E-state index in [4.69, 9.17) is 0 Å². The molecule has 0 radical (unpaired) electrons. The minimum absolute atomic E-state index is 0.131. The Bertz CT molecular complexity index is 539. The summed E-state index contributed by atoms with van der Waals surface area (Å²) in [5.74, 6) is 1.18. The predicted molar refractivity (Wildman–Crippen MR) is 70.4 cm³/mol. The van der Waals surface area contributed by atoms with Crippen molar-refractivity contribution in [3.05, 3.63) is 52.4 Å². The lowest BCUT2D eigenvalue weighted by atomic mass is 10.4. The van der Waals surface area contributed by atoms with Crippen molar-refractivity contribution in [1.29, 1.82) is 0 Å². The summed E-state index contributed by atoms with van der Waals surface area (Å²) in [5, 5.41) is 2.83. The number of nitrogens with zero attached hydrogens (tertiary/aromatic N) is 1. The van der Waals surface area contributed by atoms with Crippen molar-refractivity contribution < 1.29 is 0 Å². The number of anilines is 1. The fourth-order valence-electron chi connectivity index (χ4n) is 1.37. The van der Waals surface area contributed by atoms with Gasteiger partial charge in [0.1, 0.15) is 0 Å². The third-order valence-electron chi connectivity index (χ3n) is 2.16.